The molecule has 0 spiro atoms. The summed E-state index contributed by atoms with van der Waals surface area (Å²) in [7, 11) is 0. The topological polar surface area (TPSA) is 12.6 Å². The van der Waals surface area contributed by atoms with Crippen LogP contribution in [0.25, 0.3) is 65.6 Å². The van der Waals surface area contributed by atoms with Crippen LogP contribution in [0.3, 0.4) is 0 Å². The molecular formula is C46H35N3. The molecule has 0 amide bonds. The molecule has 0 saturated heterocycles. The van der Waals surface area contributed by atoms with Gasteiger partial charge in [0.25, 0.3) is 0 Å². The molecule has 2 unspecified atom stereocenters. The maximum absolute atomic E-state index is 2.57. The van der Waals surface area contributed by atoms with Crippen molar-refractivity contribution in [3.8, 4) is 5.69 Å². The number of fused-ring (bicyclic) bond motifs is 12. The average molecular weight is 630 g/mol. The second-order valence-electron chi connectivity index (χ2n) is 15.0. The summed E-state index contributed by atoms with van der Waals surface area (Å²) >= 11 is 0. The lowest BCUT2D eigenvalue weighted by molar-refractivity contribution is 0.592. The Kier molecular flexibility index (Phi) is 5.23. The Bertz CT molecular complexity index is 2860. The fourth-order valence-corrected chi connectivity index (χ4v) is 9.01. The number of hydrogen-bond donors (Lipinski definition) is 0. The molecule has 3 heteroatoms. The predicted molar refractivity (Wildman–Crippen MR) is 208 cm³/mol. The van der Waals surface area contributed by atoms with Gasteiger partial charge in [-0.25, -0.2) is 0 Å². The fourth-order valence-electron chi connectivity index (χ4n) is 9.01. The highest BCUT2D eigenvalue weighted by Gasteiger charge is 2.38. The van der Waals surface area contributed by atoms with Gasteiger partial charge in [0, 0.05) is 55.3 Å². The quantitative estimate of drug-likeness (QED) is 0.185. The Morgan fingerprint density at radius 3 is 1.90 bits per heavy atom. The standard InChI is InChI=1S/C46H35N3/c1-46(2,3)28-22-37-35-24-33-31-18-10-12-20-39(31)47(29-14-6-4-7-15-29)41(33)26-43(35)49-44-27-42-34(25-36(44)38(23-28)45(37)49)32-19-11-13-21-40(32)48(42)30-16-8-5-9-17-30/h4-27,31,39H,1-3H3. The minimum atomic E-state index is 0.0120. The number of benzene rings is 6. The third-order valence-corrected chi connectivity index (χ3v) is 11.3. The number of hydrogen-bond acceptors (Lipinski definition) is 1. The Morgan fingerprint density at radius 2 is 1.14 bits per heavy atom. The highest BCUT2D eigenvalue weighted by atomic mass is 15.2. The monoisotopic (exact) mass is 629 g/mol. The number of para-hydroxylation sites is 3. The predicted octanol–water partition coefficient (Wildman–Crippen LogP) is 12.0. The molecule has 3 nitrogen and oxygen atoms in total. The normalized spacial score (nSPS) is 17.5. The molecule has 4 heterocycles. The summed E-state index contributed by atoms with van der Waals surface area (Å²) in [6, 6.07) is 45.7. The Balaban J connectivity index is 1.31. The van der Waals surface area contributed by atoms with Gasteiger partial charge in [-0.1, -0.05) is 99.7 Å². The van der Waals surface area contributed by atoms with Gasteiger partial charge in [-0.15, -0.1) is 0 Å². The van der Waals surface area contributed by atoms with Crippen LogP contribution in [-0.2, 0) is 5.41 Å². The first-order valence-corrected chi connectivity index (χ1v) is 17.4. The molecule has 0 N–H and O–H groups in total. The third kappa shape index (κ3) is 3.57. The zero-order valence-electron chi connectivity index (χ0n) is 27.9. The molecule has 0 bridgehead atoms. The number of allylic oxidation sites excluding steroid dienone is 2. The van der Waals surface area contributed by atoms with Crippen LogP contribution in [0.2, 0.25) is 0 Å². The second kappa shape index (κ2) is 9.42. The van der Waals surface area contributed by atoms with Crippen LogP contribution >= 0.6 is 0 Å². The lowest BCUT2D eigenvalue weighted by atomic mass is 9.85. The van der Waals surface area contributed by atoms with Crippen LogP contribution in [0.5, 0.6) is 0 Å². The Morgan fingerprint density at radius 1 is 0.510 bits per heavy atom. The summed E-state index contributed by atoms with van der Waals surface area (Å²) in [5.41, 5.74) is 12.8. The SMILES string of the molecule is CC(C)(C)c1cc2c3cc4c(cc3n3c5cc6c(cc5c(c1)c23)c1ccccc1n6-c1ccccc1)N(c1ccccc1)C1C=CC=CC41. The molecule has 49 heavy (non-hydrogen) atoms. The van der Waals surface area contributed by atoms with Gasteiger partial charge in [0.2, 0.25) is 0 Å². The zero-order chi connectivity index (χ0) is 32.6. The Labute approximate surface area is 284 Å². The molecule has 11 rings (SSSR count). The zero-order valence-corrected chi connectivity index (χ0v) is 27.9. The highest BCUT2D eigenvalue weighted by Crippen LogP contribution is 2.52. The lowest BCUT2D eigenvalue weighted by Gasteiger charge is -2.28. The van der Waals surface area contributed by atoms with E-state index in [-0.39, 0.29) is 11.5 Å². The van der Waals surface area contributed by atoms with Gasteiger partial charge in [0.1, 0.15) is 0 Å². The number of aromatic nitrogens is 2. The van der Waals surface area contributed by atoms with E-state index in [0.717, 1.165) is 0 Å². The van der Waals surface area contributed by atoms with E-state index in [9.17, 15) is 0 Å². The van der Waals surface area contributed by atoms with Gasteiger partial charge in [-0.3, -0.25) is 0 Å². The molecule has 6 aromatic carbocycles. The molecule has 9 aromatic rings. The smallest absolute Gasteiger partial charge is 0.0629 e. The molecule has 0 radical (unpaired) electrons. The van der Waals surface area contributed by atoms with Crippen LogP contribution in [-0.4, -0.2) is 15.0 Å². The Hall–Kier alpha value is -5.80. The maximum Gasteiger partial charge on any atom is 0.0629 e. The van der Waals surface area contributed by atoms with Crippen molar-refractivity contribution in [2.24, 2.45) is 0 Å². The van der Waals surface area contributed by atoms with Crippen molar-refractivity contribution in [3.05, 3.63) is 157 Å². The van der Waals surface area contributed by atoms with Crippen LogP contribution in [0.15, 0.2) is 146 Å². The molecule has 234 valence electrons. The molecule has 3 aromatic heterocycles. The number of anilines is 2. The maximum atomic E-state index is 2.57. The summed E-state index contributed by atoms with van der Waals surface area (Å²) in [4.78, 5) is 2.55. The van der Waals surface area contributed by atoms with Gasteiger partial charge in [0.15, 0.2) is 0 Å². The van der Waals surface area contributed by atoms with Crippen LogP contribution in [0.1, 0.15) is 37.8 Å². The first-order chi connectivity index (χ1) is 24.0. The molecule has 2 atom stereocenters. The van der Waals surface area contributed by atoms with Gasteiger partial charge in [-0.05, 0) is 83.3 Å². The first kappa shape index (κ1) is 27.2. The largest absolute Gasteiger partial charge is 0.333 e. The van der Waals surface area contributed by atoms with E-state index in [1.807, 2.05) is 0 Å². The molecule has 0 fully saturated rings. The van der Waals surface area contributed by atoms with E-state index in [4.69, 9.17) is 0 Å². The van der Waals surface area contributed by atoms with Crippen LogP contribution in [0.4, 0.5) is 11.4 Å². The number of nitrogens with zero attached hydrogens (tertiary/aromatic N) is 3. The minimum absolute atomic E-state index is 0.0120. The lowest BCUT2D eigenvalue weighted by Crippen LogP contribution is -2.28. The number of rotatable bonds is 2. The molecule has 1 aliphatic carbocycles. The highest BCUT2D eigenvalue weighted by molar-refractivity contribution is 6.27. The molecular weight excluding hydrogens is 595 g/mol. The van der Waals surface area contributed by atoms with E-state index in [1.165, 1.54) is 88.1 Å². The van der Waals surface area contributed by atoms with Gasteiger partial charge in [-0.2, -0.15) is 0 Å². The molecule has 1 aliphatic heterocycles. The van der Waals surface area contributed by atoms with Crippen molar-refractivity contribution in [2.75, 3.05) is 4.90 Å². The van der Waals surface area contributed by atoms with Crippen molar-refractivity contribution in [1.29, 1.82) is 0 Å². The molecule has 2 aliphatic rings. The summed E-state index contributed by atoms with van der Waals surface area (Å²) in [5, 5.41) is 7.92. The van der Waals surface area contributed by atoms with Crippen LogP contribution in [0, 0.1) is 0 Å². The fraction of sp³-hybridized carbons (Fsp3) is 0.130. The average Bonchev–Trinajstić information content (AvgIpc) is 3.83. The third-order valence-electron chi connectivity index (χ3n) is 11.3. The summed E-state index contributed by atoms with van der Waals surface area (Å²) in [5.74, 6) is 0.310. The van der Waals surface area contributed by atoms with Crippen molar-refractivity contribution in [1.82, 2.24) is 8.97 Å². The van der Waals surface area contributed by atoms with Crippen molar-refractivity contribution < 1.29 is 0 Å². The van der Waals surface area contributed by atoms with E-state index < -0.39 is 0 Å². The van der Waals surface area contributed by atoms with E-state index in [0.29, 0.717) is 5.92 Å². The van der Waals surface area contributed by atoms with E-state index >= 15 is 0 Å². The second-order valence-corrected chi connectivity index (χ2v) is 15.0. The summed E-state index contributed by atoms with van der Waals surface area (Å²) in [6.07, 6.45) is 9.20. The van der Waals surface area contributed by atoms with E-state index in [1.54, 1.807) is 0 Å². The van der Waals surface area contributed by atoms with Gasteiger partial charge in [0.05, 0.1) is 33.6 Å². The first-order valence-electron chi connectivity index (χ1n) is 17.4. The van der Waals surface area contributed by atoms with Crippen molar-refractivity contribution in [2.45, 2.75) is 38.1 Å². The van der Waals surface area contributed by atoms with Crippen LogP contribution < -0.4 is 4.90 Å². The summed E-state index contributed by atoms with van der Waals surface area (Å²) in [6.45, 7) is 7.02. The minimum Gasteiger partial charge on any atom is -0.333 e. The van der Waals surface area contributed by atoms with Crippen molar-refractivity contribution >= 4 is 71.3 Å². The van der Waals surface area contributed by atoms with E-state index in [2.05, 4.69) is 180 Å². The van der Waals surface area contributed by atoms with Crippen molar-refractivity contribution in [3.63, 3.8) is 0 Å². The molecule has 0 saturated carbocycles. The van der Waals surface area contributed by atoms with Gasteiger partial charge < -0.3 is 13.9 Å². The van der Waals surface area contributed by atoms with Gasteiger partial charge >= 0.3 is 0 Å². The summed E-state index contributed by atoms with van der Waals surface area (Å²) < 4.78 is 5.01.